The minimum Gasteiger partial charge on any atom is -0.491 e. The summed E-state index contributed by atoms with van der Waals surface area (Å²) in [7, 11) is 0. The minimum atomic E-state index is -0.172. The van der Waals surface area contributed by atoms with Crippen molar-refractivity contribution in [3.63, 3.8) is 0 Å². The molecule has 0 spiro atoms. The van der Waals surface area contributed by atoms with Gasteiger partial charge in [0.25, 0.3) is 5.91 Å². The molecule has 0 atom stereocenters. The molecule has 122 valence electrons. The molecular formula is C19H19N3O2. The molecule has 1 heterocycles. The number of ether oxygens (including phenoxy) is 1. The predicted octanol–water partition coefficient (Wildman–Crippen LogP) is 3.91. The van der Waals surface area contributed by atoms with E-state index in [1.165, 1.54) is 0 Å². The van der Waals surface area contributed by atoms with Gasteiger partial charge in [-0.1, -0.05) is 19.1 Å². The van der Waals surface area contributed by atoms with Gasteiger partial charge in [-0.3, -0.25) is 4.79 Å². The van der Waals surface area contributed by atoms with Gasteiger partial charge in [0, 0.05) is 18.0 Å². The Kier molecular flexibility index (Phi) is 4.91. The SMILES string of the molecule is CCCOc1ccccc1NC(=O)c1ccc(-n2cccn2)cc1. The molecule has 0 saturated carbocycles. The maximum absolute atomic E-state index is 12.4. The number of hydrogen-bond acceptors (Lipinski definition) is 3. The van der Waals surface area contributed by atoms with Crippen LogP contribution in [-0.2, 0) is 0 Å². The monoisotopic (exact) mass is 321 g/mol. The summed E-state index contributed by atoms with van der Waals surface area (Å²) >= 11 is 0. The van der Waals surface area contributed by atoms with Gasteiger partial charge in [-0.2, -0.15) is 5.10 Å². The first-order valence-corrected chi connectivity index (χ1v) is 7.91. The predicted molar refractivity (Wildman–Crippen MR) is 93.7 cm³/mol. The Morgan fingerprint density at radius 2 is 1.92 bits per heavy atom. The summed E-state index contributed by atoms with van der Waals surface area (Å²) in [5.74, 6) is 0.510. The van der Waals surface area contributed by atoms with Crippen LogP contribution in [0.5, 0.6) is 5.75 Å². The number of carbonyl (C=O) groups excluding carboxylic acids is 1. The van der Waals surface area contributed by atoms with Gasteiger partial charge in [0.15, 0.2) is 0 Å². The van der Waals surface area contributed by atoms with Crippen molar-refractivity contribution in [2.75, 3.05) is 11.9 Å². The highest BCUT2D eigenvalue weighted by Crippen LogP contribution is 2.24. The molecular weight excluding hydrogens is 302 g/mol. The zero-order valence-corrected chi connectivity index (χ0v) is 13.5. The quantitative estimate of drug-likeness (QED) is 0.749. The molecule has 5 nitrogen and oxygen atoms in total. The number of para-hydroxylation sites is 2. The highest BCUT2D eigenvalue weighted by Gasteiger charge is 2.10. The molecule has 24 heavy (non-hydrogen) atoms. The van der Waals surface area contributed by atoms with Crippen molar-refractivity contribution >= 4 is 11.6 Å². The second-order valence-corrected chi connectivity index (χ2v) is 5.30. The van der Waals surface area contributed by atoms with Gasteiger partial charge < -0.3 is 10.1 Å². The van der Waals surface area contributed by atoms with E-state index >= 15 is 0 Å². The number of amides is 1. The number of nitrogens with zero attached hydrogens (tertiary/aromatic N) is 2. The van der Waals surface area contributed by atoms with E-state index in [1.807, 2.05) is 55.6 Å². The second-order valence-electron chi connectivity index (χ2n) is 5.30. The standard InChI is InChI=1S/C19H19N3O2/c1-2-14-24-18-7-4-3-6-17(18)21-19(23)15-8-10-16(11-9-15)22-13-5-12-20-22/h3-13H,2,14H2,1H3,(H,21,23). The fourth-order valence-electron chi connectivity index (χ4n) is 2.29. The molecule has 0 bridgehead atoms. The summed E-state index contributed by atoms with van der Waals surface area (Å²) in [4.78, 5) is 12.4. The molecule has 1 aromatic heterocycles. The first-order valence-electron chi connectivity index (χ1n) is 7.91. The van der Waals surface area contributed by atoms with Crippen LogP contribution in [-0.4, -0.2) is 22.3 Å². The van der Waals surface area contributed by atoms with Gasteiger partial charge in [-0.05, 0) is 48.9 Å². The lowest BCUT2D eigenvalue weighted by Gasteiger charge is -2.12. The van der Waals surface area contributed by atoms with Crippen molar-refractivity contribution in [1.29, 1.82) is 0 Å². The summed E-state index contributed by atoms with van der Waals surface area (Å²) in [6, 6.07) is 16.6. The fourth-order valence-corrected chi connectivity index (χ4v) is 2.29. The molecule has 0 aliphatic rings. The van der Waals surface area contributed by atoms with E-state index in [2.05, 4.69) is 10.4 Å². The molecule has 1 amide bonds. The van der Waals surface area contributed by atoms with Crippen LogP contribution in [0, 0.1) is 0 Å². The molecule has 0 aliphatic heterocycles. The highest BCUT2D eigenvalue weighted by molar-refractivity contribution is 6.05. The zero-order valence-electron chi connectivity index (χ0n) is 13.5. The Balaban J connectivity index is 1.73. The normalized spacial score (nSPS) is 10.4. The van der Waals surface area contributed by atoms with E-state index in [9.17, 15) is 4.79 Å². The molecule has 0 saturated heterocycles. The molecule has 1 N–H and O–H groups in total. The molecule has 0 radical (unpaired) electrons. The molecule has 3 aromatic rings. The van der Waals surface area contributed by atoms with Crippen LogP contribution in [0.15, 0.2) is 67.0 Å². The summed E-state index contributed by atoms with van der Waals surface area (Å²) in [5, 5.41) is 7.07. The van der Waals surface area contributed by atoms with Gasteiger partial charge in [-0.15, -0.1) is 0 Å². The van der Waals surface area contributed by atoms with Crippen LogP contribution in [0.2, 0.25) is 0 Å². The van der Waals surface area contributed by atoms with Crippen LogP contribution in [0.25, 0.3) is 5.69 Å². The van der Waals surface area contributed by atoms with Crippen molar-refractivity contribution in [2.24, 2.45) is 0 Å². The summed E-state index contributed by atoms with van der Waals surface area (Å²) in [5.41, 5.74) is 2.16. The second kappa shape index (κ2) is 7.46. The van der Waals surface area contributed by atoms with Crippen molar-refractivity contribution in [3.05, 3.63) is 72.6 Å². The van der Waals surface area contributed by atoms with Crippen LogP contribution in [0.1, 0.15) is 23.7 Å². The lowest BCUT2D eigenvalue weighted by molar-refractivity contribution is 0.102. The maximum Gasteiger partial charge on any atom is 0.255 e. The molecule has 0 unspecified atom stereocenters. The summed E-state index contributed by atoms with van der Waals surface area (Å²) < 4.78 is 7.41. The van der Waals surface area contributed by atoms with Crippen molar-refractivity contribution < 1.29 is 9.53 Å². The van der Waals surface area contributed by atoms with Gasteiger partial charge in [0.1, 0.15) is 5.75 Å². The number of rotatable bonds is 6. The van der Waals surface area contributed by atoms with E-state index in [4.69, 9.17) is 4.74 Å². The first-order chi connectivity index (χ1) is 11.8. The first kappa shape index (κ1) is 15.8. The maximum atomic E-state index is 12.4. The fraction of sp³-hybridized carbons (Fsp3) is 0.158. The van der Waals surface area contributed by atoms with Gasteiger partial charge in [0.2, 0.25) is 0 Å². The smallest absolute Gasteiger partial charge is 0.255 e. The topological polar surface area (TPSA) is 56.1 Å². The lowest BCUT2D eigenvalue weighted by atomic mass is 10.2. The Morgan fingerprint density at radius 3 is 2.62 bits per heavy atom. The number of anilines is 1. The molecule has 3 rings (SSSR count). The minimum absolute atomic E-state index is 0.172. The third-order valence-corrected chi connectivity index (χ3v) is 3.50. The van der Waals surface area contributed by atoms with Gasteiger partial charge >= 0.3 is 0 Å². The van der Waals surface area contributed by atoms with E-state index < -0.39 is 0 Å². The van der Waals surface area contributed by atoms with Crippen molar-refractivity contribution in [1.82, 2.24) is 9.78 Å². The van der Waals surface area contributed by atoms with E-state index in [0.717, 1.165) is 12.1 Å². The van der Waals surface area contributed by atoms with Crippen LogP contribution >= 0.6 is 0 Å². The third-order valence-electron chi connectivity index (χ3n) is 3.50. The zero-order chi connectivity index (χ0) is 16.8. The highest BCUT2D eigenvalue weighted by atomic mass is 16.5. The number of benzene rings is 2. The van der Waals surface area contributed by atoms with Crippen LogP contribution in [0.3, 0.4) is 0 Å². The van der Waals surface area contributed by atoms with Gasteiger partial charge in [-0.25, -0.2) is 4.68 Å². The molecule has 0 aliphatic carbocycles. The van der Waals surface area contributed by atoms with Crippen molar-refractivity contribution in [3.8, 4) is 11.4 Å². The Hall–Kier alpha value is -3.08. The largest absolute Gasteiger partial charge is 0.491 e. The van der Waals surface area contributed by atoms with E-state index in [0.29, 0.717) is 23.6 Å². The number of nitrogens with one attached hydrogen (secondary N) is 1. The molecule has 5 heteroatoms. The van der Waals surface area contributed by atoms with Crippen LogP contribution < -0.4 is 10.1 Å². The Morgan fingerprint density at radius 1 is 1.12 bits per heavy atom. The van der Waals surface area contributed by atoms with E-state index in [-0.39, 0.29) is 5.91 Å². The molecule has 2 aromatic carbocycles. The Labute approximate surface area is 140 Å². The van der Waals surface area contributed by atoms with Crippen molar-refractivity contribution in [2.45, 2.75) is 13.3 Å². The van der Waals surface area contributed by atoms with Crippen LogP contribution in [0.4, 0.5) is 5.69 Å². The number of carbonyl (C=O) groups is 1. The third kappa shape index (κ3) is 3.63. The summed E-state index contributed by atoms with van der Waals surface area (Å²) in [6.07, 6.45) is 4.49. The average Bonchev–Trinajstić information content (AvgIpc) is 3.16. The number of hydrogen-bond donors (Lipinski definition) is 1. The summed E-state index contributed by atoms with van der Waals surface area (Å²) in [6.45, 7) is 2.66. The van der Waals surface area contributed by atoms with Gasteiger partial charge in [0.05, 0.1) is 18.0 Å². The number of aromatic nitrogens is 2. The van der Waals surface area contributed by atoms with E-state index in [1.54, 1.807) is 23.0 Å². The molecule has 0 fully saturated rings. The Bertz CT molecular complexity index is 796. The lowest BCUT2D eigenvalue weighted by Crippen LogP contribution is -2.13. The average molecular weight is 321 g/mol.